The second kappa shape index (κ2) is 5.69. The Balaban J connectivity index is 3.15. The first-order valence-electron chi connectivity index (χ1n) is 6.08. The average molecular weight is 268 g/mol. The van der Waals surface area contributed by atoms with Gasteiger partial charge in [0.2, 0.25) is 0 Å². The van der Waals surface area contributed by atoms with Crippen molar-refractivity contribution in [2.75, 3.05) is 0 Å². The van der Waals surface area contributed by atoms with Gasteiger partial charge in [0.1, 0.15) is 0 Å². The first-order chi connectivity index (χ1) is 8.26. The summed E-state index contributed by atoms with van der Waals surface area (Å²) in [6, 6.07) is 0. The monoisotopic (exact) mass is 268 g/mol. The number of hydrogen-bond acceptors (Lipinski definition) is 4. The highest BCUT2D eigenvalue weighted by Crippen LogP contribution is 2.41. The van der Waals surface area contributed by atoms with E-state index in [4.69, 9.17) is 11.1 Å². The van der Waals surface area contributed by atoms with Crippen LogP contribution in [0.15, 0.2) is 10.5 Å². The first kappa shape index (κ1) is 15.0. The number of nitrogens with one attached hydrogen (secondary N) is 1. The summed E-state index contributed by atoms with van der Waals surface area (Å²) in [7, 11) is 0. The van der Waals surface area contributed by atoms with Gasteiger partial charge in [-0.3, -0.25) is 15.0 Å². The highest BCUT2D eigenvalue weighted by Gasteiger charge is 2.35. The van der Waals surface area contributed by atoms with E-state index in [0.29, 0.717) is 24.2 Å². The molecule has 0 spiro atoms. The van der Waals surface area contributed by atoms with Gasteiger partial charge in [-0.05, 0) is 18.3 Å². The van der Waals surface area contributed by atoms with Crippen LogP contribution in [0, 0.1) is 10.8 Å². The van der Waals surface area contributed by atoms with E-state index in [9.17, 15) is 9.59 Å². The van der Waals surface area contributed by atoms with E-state index in [-0.39, 0.29) is 27.7 Å². The first-order valence-corrected chi connectivity index (χ1v) is 6.90. The minimum atomic E-state index is -0.162. The van der Waals surface area contributed by atoms with Gasteiger partial charge in [-0.2, -0.15) is 0 Å². The maximum absolute atomic E-state index is 12.1. The molecule has 100 valence electrons. The van der Waals surface area contributed by atoms with Crippen LogP contribution in [-0.2, 0) is 9.59 Å². The summed E-state index contributed by atoms with van der Waals surface area (Å²) >= 11 is 1.04. The third kappa shape index (κ3) is 3.70. The Morgan fingerprint density at radius 3 is 2.56 bits per heavy atom. The molecule has 0 aromatic rings. The summed E-state index contributed by atoms with van der Waals surface area (Å²) in [4.78, 5) is 24.8. The minimum absolute atomic E-state index is 0.0719. The van der Waals surface area contributed by atoms with E-state index in [1.165, 1.54) is 0 Å². The number of carbonyl (C=O) groups is 2. The number of carbonyl (C=O) groups excluding carboxylic acids is 2. The number of Topliss-reactive ketones (excluding diaryl/α,β-unsaturated/α-hetero) is 2. The quantitative estimate of drug-likeness (QED) is 0.466. The fourth-order valence-corrected chi connectivity index (χ4v) is 3.21. The maximum atomic E-state index is 12.1. The van der Waals surface area contributed by atoms with Crippen LogP contribution in [0.2, 0.25) is 0 Å². The summed E-state index contributed by atoms with van der Waals surface area (Å²) in [6.07, 6.45) is 2.12. The smallest absolute Gasteiger partial charge is 0.167 e. The van der Waals surface area contributed by atoms with Crippen molar-refractivity contribution >= 4 is 28.5 Å². The van der Waals surface area contributed by atoms with Crippen molar-refractivity contribution in [3.63, 3.8) is 0 Å². The zero-order valence-corrected chi connectivity index (χ0v) is 11.9. The zero-order valence-electron chi connectivity index (χ0n) is 11.1. The number of amidine groups is 1. The lowest BCUT2D eigenvalue weighted by molar-refractivity contribution is -0.123. The van der Waals surface area contributed by atoms with Crippen molar-refractivity contribution in [1.29, 1.82) is 5.41 Å². The van der Waals surface area contributed by atoms with Gasteiger partial charge in [0.05, 0.1) is 5.57 Å². The van der Waals surface area contributed by atoms with Gasteiger partial charge >= 0.3 is 0 Å². The molecule has 0 atom stereocenters. The van der Waals surface area contributed by atoms with Gasteiger partial charge in [-0.15, -0.1) is 0 Å². The van der Waals surface area contributed by atoms with Crippen LogP contribution in [-0.4, -0.2) is 16.7 Å². The molecule has 18 heavy (non-hydrogen) atoms. The van der Waals surface area contributed by atoms with E-state index in [0.717, 1.165) is 18.2 Å². The van der Waals surface area contributed by atoms with E-state index in [1.807, 2.05) is 20.8 Å². The van der Waals surface area contributed by atoms with Crippen LogP contribution in [0.25, 0.3) is 0 Å². The molecular formula is C13H20N2O2S. The molecule has 0 amide bonds. The highest BCUT2D eigenvalue weighted by atomic mass is 32.2. The molecule has 0 aromatic heterocycles. The summed E-state index contributed by atoms with van der Waals surface area (Å²) < 4.78 is 0. The van der Waals surface area contributed by atoms with Crippen LogP contribution >= 0.6 is 11.8 Å². The van der Waals surface area contributed by atoms with E-state index >= 15 is 0 Å². The fraction of sp³-hybridized carbons (Fsp3) is 0.615. The summed E-state index contributed by atoms with van der Waals surface area (Å²) in [6.45, 7) is 5.90. The normalized spacial score (nSPS) is 18.9. The van der Waals surface area contributed by atoms with Gasteiger partial charge in [0.15, 0.2) is 16.7 Å². The maximum Gasteiger partial charge on any atom is 0.167 e. The Bertz CT molecular complexity index is 425. The number of ketones is 2. The largest absolute Gasteiger partial charge is 0.378 e. The van der Waals surface area contributed by atoms with Gasteiger partial charge in [0, 0.05) is 17.7 Å². The molecule has 0 aromatic carbocycles. The summed E-state index contributed by atoms with van der Waals surface area (Å²) in [5.74, 6) is -0.213. The average Bonchev–Trinajstić information content (AvgIpc) is 2.13. The van der Waals surface area contributed by atoms with Crippen LogP contribution in [0.5, 0.6) is 0 Å². The van der Waals surface area contributed by atoms with E-state index in [1.54, 1.807) is 0 Å². The Morgan fingerprint density at radius 1 is 1.44 bits per heavy atom. The number of nitrogens with two attached hydrogens (primary N) is 1. The molecule has 0 fully saturated rings. The van der Waals surface area contributed by atoms with Crippen molar-refractivity contribution in [3.8, 4) is 0 Å². The standard InChI is InChI=1S/C13H20N2O2S/c1-4-5-8(16)11-9(17)6-13(2,3)7-10(11)18-12(14)15/h4-7H2,1-3H3,(H3,14,15). The Hall–Kier alpha value is -1.10. The zero-order chi connectivity index (χ0) is 13.9. The Morgan fingerprint density at radius 2 is 2.06 bits per heavy atom. The van der Waals surface area contributed by atoms with Crippen LogP contribution in [0.4, 0.5) is 0 Å². The van der Waals surface area contributed by atoms with Crippen LogP contribution < -0.4 is 5.73 Å². The lowest BCUT2D eigenvalue weighted by Crippen LogP contribution is -2.29. The van der Waals surface area contributed by atoms with Crippen molar-refractivity contribution in [3.05, 3.63) is 10.5 Å². The predicted molar refractivity (Wildman–Crippen MR) is 74.5 cm³/mol. The van der Waals surface area contributed by atoms with E-state index < -0.39 is 0 Å². The molecule has 0 bridgehead atoms. The third-order valence-corrected chi connectivity index (χ3v) is 3.64. The molecule has 5 heteroatoms. The van der Waals surface area contributed by atoms with E-state index in [2.05, 4.69) is 0 Å². The minimum Gasteiger partial charge on any atom is -0.378 e. The molecule has 0 unspecified atom stereocenters. The molecule has 3 N–H and O–H groups in total. The Kier molecular flexibility index (Phi) is 4.73. The molecular weight excluding hydrogens is 248 g/mol. The van der Waals surface area contributed by atoms with Crippen LogP contribution in [0.3, 0.4) is 0 Å². The number of rotatable bonds is 4. The topological polar surface area (TPSA) is 84.0 Å². The molecule has 0 saturated carbocycles. The summed E-state index contributed by atoms with van der Waals surface area (Å²) in [5.41, 5.74) is 5.51. The SMILES string of the molecule is CCCC(=O)C1=C(SC(=N)N)CC(C)(C)CC1=O. The van der Waals surface area contributed by atoms with Crippen molar-refractivity contribution in [2.45, 2.75) is 46.5 Å². The molecule has 0 aliphatic heterocycles. The molecule has 0 heterocycles. The number of hydrogen-bond donors (Lipinski definition) is 2. The van der Waals surface area contributed by atoms with Gasteiger partial charge < -0.3 is 5.73 Å². The summed E-state index contributed by atoms with van der Waals surface area (Å²) in [5, 5.41) is 7.27. The molecule has 0 saturated heterocycles. The van der Waals surface area contributed by atoms with Crippen molar-refractivity contribution in [2.24, 2.45) is 11.1 Å². The molecule has 0 radical (unpaired) electrons. The second-order valence-corrected chi connectivity index (χ2v) is 6.52. The molecule has 1 rings (SSSR count). The molecule has 1 aliphatic rings. The van der Waals surface area contributed by atoms with Gasteiger partial charge in [-0.1, -0.05) is 32.5 Å². The molecule has 4 nitrogen and oxygen atoms in total. The van der Waals surface area contributed by atoms with Crippen LogP contribution in [0.1, 0.15) is 46.5 Å². The third-order valence-electron chi connectivity index (χ3n) is 2.82. The lowest BCUT2D eigenvalue weighted by atomic mass is 9.76. The highest BCUT2D eigenvalue weighted by molar-refractivity contribution is 8.17. The van der Waals surface area contributed by atoms with Gasteiger partial charge in [-0.25, -0.2) is 0 Å². The predicted octanol–water partition coefficient (Wildman–Crippen LogP) is 2.63. The van der Waals surface area contributed by atoms with Gasteiger partial charge in [0.25, 0.3) is 0 Å². The lowest BCUT2D eigenvalue weighted by Gasteiger charge is -2.31. The number of thioether (sulfide) groups is 1. The van der Waals surface area contributed by atoms with Crippen molar-refractivity contribution in [1.82, 2.24) is 0 Å². The fourth-order valence-electron chi connectivity index (χ4n) is 2.15. The second-order valence-electron chi connectivity index (χ2n) is 5.38. The molecule has 1 aliphatic carbocycles. The van der Waals surface area contributed by atoms with Crippen molar-refractivity contribution < 1.29 is 9.59 Å². The number of allylic oxidation sites excluding steroid dienone is 2. The Labute approximate surface area is 112 Å².